The van der Waals surface area contributed by atoms with Crippen LogP contribution >= 0.6 is 11.3 Å². The number of benzene rings is 2. The average molecular weight is 654 g/mol. The van der Waals surface area contributed by atoms with Gasteiger partial charge in [0, 0.05) is 17.0 Å². The molecule has 4 rings (SSSR count). The van der Waals surface area contributed by atoms with Gasteiger partial charge in [0.2, 0.25) is 0 Å². The van der Waals surface area contributed by atoms with Crippen molar-refractivity contribution in [3.05, 3.63) is 92.2 Å². The highest BCUT2D eigenvalue weighted by Gasteiger charge is 2.38. The summed E-state index contributed by atoms with van der Waals surface area (Å²) in [6, 6.07) is 14.3. The van der Waals surface area contributed by atoms with Crippen LogP contribution in [0.1, 0.15) is 64.9 Å². The number of aliphatic carboxylic acids is 2. The lowest BCUT2D eigenvalue weighted by Gasteiger charge is -2.15. The van der Waals surface area contributed by atoms with Gasteiger partial charge in [-0.05, 0) is 42.2 Å². The maximum Gasteiger partial charge on any atom is 0.490 e. The number of esters is 1. The third-order valence-electron chi connectivity index (χ3n) is 5.85. The fourth-order valence-electron chi connectivity index (χ4n) is 3.81. The highest BCUT2D eigenvalue weighted by molar-refractivity contribution is 7.14. The summed E-state index contributed by atoms with van der Waals surface area (Å²) in [5.74, 6) is -5.37. The van der Waals surface area contributed by atoms with Crippen molar-refractivity contribution in [2.75, 3.05) is 13.2 Å². The molecule has 3 aromatic rings. The van der Waals surface area contributed by atoms with Gasteiger partial charge in [-0.25, -0.2) is 14.4 Å². The summed E-state index contributed by atoms with van der Waals surface area (Å²) in [7, 11) is 0. The third kappa shape index (κ3) is 10.7. The minimum atomic E-state index is -5.08. The number of nitrogens with two attached hydrogens (primary N) is 2. The van der Waals surface area contributed by atoms with Crippen molar-refractivity contribution in [1.82, 2.24) is 5.32 Å². The normalized spacial score (nSPS) is 12.6. The molecule has 45 heavy (non-hydrogen) atoms. The van der Waals surface area contributed by atoms with Crippen LogP contribution < -0.4 is 16.8 Å². The minimum Gasteiger partial charge on any atom is -0.479 e. The zero-order chi connectivity index (χ0) is 33.7. The van der Waals surface area contributed by atoms with Crippen LogP contribution in [0.4, 0.5) is 13.2 Å². The van der Waals surface area contributed by atoms with Crippen molar-refractivity contribution in [3.63, 3.8) is 0 Å². The number of ether oxygens (including phenoxy) is 2. The van der Waals surface area contributed by atoms with E-state index in [1.54, 1.807) is 55.5 Å². The first-order valence-electron chi connectivity index (χ1n) is 13.1. The van der Waals surface area contributed by atoms with Crippen molar-refractivity contribution in [3.8, 4) is 0 Å². The van der Waals surface area contributed by atoms with E-state index in [0.717, 1.165) is 16.0 Å². The van der Waals surface area contributed by atoms with Crippen molar-refractivity contribution in [2.45, 2.75) is 38.7 Å². The lowest BCUT2D eigenvalue weighted by atomic mass is 10.0. The topological polar surface area (TPSA) is 208 Å². The van der Waals surface area contributed by atoms with Gasteiger partial charge in [-0.2, -0.15) is 13.2 Å². The van der Waals surface area contributed by atoms with Crippen LogP contribution in [0.25, 0.3) is 0 Å². The number of thiophene rings is 1. The molecule has 0 aliphatic carbocycles. The van der Waals surface area contributed by atoms with Crippen LogP contribution in [0.5, 0.6) is 0 Å². The fourth-order valence-corrected chi connectivity index (χ4v) is 4.94. The number of alkyl halides is 3. The van der Waals surface area contributed by atoms with Crippen molar-refractivity contribution in [1.29, 1.82) is 0 Å². The molecule has 0 fully saturated rings. The van der Waals surface area contributed by atoms with Gasteiger partial charge in [-0.3, -0.25) is 9.59 Å². The molecule has 2 amide bonds. The van der Waals surface area contributed by atoms with E-state index >= 15 is 0 Å². The Kier molecular flexibility index (Phi) is 13.7. The summed E-state index contributed by atoms with van der Waals surface area (Å²) in [5, 5.41) is 18.9. The first-order chi connectivity index (χ1) is 21.2. The minimum absolute atomic E-state index is 0.276. The number of halogens is 3. The van der Waals surface area contributed by atoms with Crippen LogP contribution in [0.3, 0.4) is 0 Å². The standard InChI is InChI=1S/C16H16N2O3.C11H13NO4S.C2HF3O2/c17-10-11-5-4-8-13(9-11)15(19)18-14(16(20)21)12-6-2-1-3-7-12;1-2-16-11(14)8-6-3-4-15-5-7(6)17-9(8)10(12)13;3-2(4,5)1(6)7/h1-9,14H,10,17H2,(H,18,19)(H,20,21);2-5H2,1H3,(H2,12,13);(H,6,7). The first-order valence-corrected chi connectivity index (χ1v) is 13.9. The van der Waals surface area contributed by atoms with Crippen LogP contribution in [0.15, 0.2) is 54.6 Å². The number of hydrogen-bond donors (Lipinski definition) is 5. The summed E-state index contributed by atoms with van der Waals surface area (Å²) in [4.78, 5) is 56.8. The van der Waals surface area contributed by atoms with E-state index in [1.807, 2.05) is 6.07 Å². The molecule has 1 aliphatic heterocycles. The van der Waals surface area contributed by atoms with E-state index in [0.29, 0.717) is 42.9 Å². The Morgan fingerprint density at radius 2 is 1.71 bits per heavy atom. The Morgan fingerprint density at radius 1 is 1.07 bits per heavy atom. The van der Waals surface area contributed by atoms with E-state index in [-0.39, 0.29) is 11.5 Å². The van der Waals surface area contributed by atoms with E-state index in [2.05, 4.69) is 5.32 Å². The molecule has 2 aromatic carbocycles. The number of carboxylic acids is 2. The van der Waals surface area contributed by atoms with Gasteiger partial charge < -0.3 is 36.5 Å². The zero-order valence-corrected chi connectivity index (χ0v) is 24.6. The quantitative estimate of drug-likeness (QED) is 0.224. The summed E-state index contributed by atoms with van der Waals surface area (Å²) in [6.45, 7) is 3.30. The van der Waals surface area contributed by atoms with E-state index in [1.165, 1.54) is 11.3 Å². The second kappa shape index (κ2) is 16.9. The largest absolute Gasteiger partial charge is 0.490 e. The Labute approximate surface area is 258 Å². The molecule has 1 atom stereocenters. The fraction of sp³-hybridized carbons (Fsp3) is 0.276. The second-order valence-corrected chi connectivity index (χ2v) is 10.1. The van der Waals surface area contributed by atoms with E-state index in [9.17, 15) is 37.5 Å². The average Bonchev–Trinajstić information content (AvgIpc) is 3.41. The molecule has 0 radical (unpaired) electrons. The molecule has 0 saturated heterocycles. The van der Waals surface area contributed by atoms with Crippen molar-refractivity contribution in [2.24, 2.45) is 11.5 Å². The molecule has 2 heterocycles. The molecular weight excluding hydrogens is 623 g/mol. The number of primary amides is 1. The maximum absolute atomic E-state index is 12.2. The number of fused-ring (bicyclic) bond motifs is 1. The second-order valence-electron chi connectivity index (χ2n) is 8.96. The number of carbonyl (C=O) groups excluding carboxylic acids is 3. The van der Waals surface area contributed by atoms with E-state index in [4.69, 9.17) is 30.8 Å². The molecular formula is C29H30F3N3O9S. The summed E-state index contributed by atoms with van der Waals surface area (Å²) in [6.07, 6.45) is -4.47. The van der Waals surface area contributed by atoms with Crippen LogP contribution in [0, 0.1) is 0 Å². The predicted octanol–water partition coefficient (Wildman–Crippen LogP) is 3.43. The number of rotatable bonds is 8. The van der Waals surface area contributed by atoms with Crippen molar-refractivity contribution < 1.29 is 56.8 Å². The van der Waals surface area contributed by atoms with Gasteiger partial charge in [0.05, 0.1) is 25.4 Å². The molecule has 0 saturated carbocycles. The molecule has 0 bridgehead atoms. The molecule has 0 spiro atoms. The zero-order valence-electron chi connectivity index (χ0n) is 23.8. The summed E-state index contributed by atoms with van der Waals surface area (Å²) in [5.41, 5.74) is 13.7. The Balaban J connectivity index is 0.000000263. The third-order valence-corrected chi connectivity index (χ3v) is 7.07. The van der Waals surface area contributed by atoms with Crippen LogP contribution in [-0.4, -0.2) is 59.3 Å². The maximum atomic E-state index is 12.2. The lowest BCUT2D eigenvalue weighted by molar-refractivity contribution is -0.192. The number of hydrogen-bond acceptors (Lipinski definition) is 9. The number of carbonyl (C=O) groups is 5. The first kappa shape index (κ1) is 36.4. The molecule has 16 heteroatoms. The Hall–Kier alpha value is -4.80. The Bertz CT molecular complexity index is 1510. The number of amides is 2. The monoisotopic (exact) mass is 653 g/mol. The summed E-state index contributed by atoms with van der Waals surface area (Å²) < 4.78 is 42.0. The van der Waals surface area contributed by atoms with Gasteiger partial charge in [0.15, 0.2) is 6.04 Å². The smallest absolute Gasteiger partial charge is 0.479 e. The van der Waals surface area contributed by atoms with Crippen molar-refractivity contribution >= 4 is 41.1 Å². The SMILES string of the molecule is CCOC(=O)c1c(C(N)=O)sc2c1CCOC2.NCc1cccc(C(=O)NC(C(=O)O)c2ccccc2)c1.O=C(O)C(F)(F)F. The van der Waals surface area contributed by atoms with Gasteiger partial charge in [0.1, 0.15) is 4.88 Å². The molecule has 1 unspecified atom stereocenters. The van der Waals surface area contributed by atoms with E-state index < -0.39 is 41.9 Å². The molecule has 1 aliphatic rings. The molecule has 7 N–H and O–H groups in total. The number of carboxylic acid groups (broad SMARTS) is 2. The van der Waals surface area contributed by atoms with Gasteiger partial charge in [0.25, 0.3) is 11.8 Å². The highest BCUT2D eigenvalue weighted by atomic mass is 32.1. The van der Waals surface area contributed by atoms with Crippen LogP contribution in [0.2, 0.25) is 0 Å². The summed E-state index contributed by atoms with van der Waals surface area (Å²) >= 11 is 1.22. The predicted molar refractivity (Wildman–Crippen MR) is 154 cm³/mol. The number of nitrogens with one attached hydrogen (secondary N) is 1. The van der Waals surface area contributed by atoms with Gasteiger partial charge in [-0.1, -0.05) is 42.5 Å². The molecule has 242 valence electrons. The lowest BCUT2D eigenvalue weighted by Crippen LogP contribution is -2.33. The molecule has 1 aromatic heterocycles. The molecule has 12 nitrogen and oxygen atoms in total. The van der Waals surface area contributed by atoms with Gasteiger partial charge in [-0.15, -0.1) is 11.3 Å². The van der Waals surface area contributed by atoms with Gasteiger partial charge >= 0.3 is 24.1 Å². The van der Waals surface area contributed by atoms with Crippen LogP contribution in [-0.2, 0) is 38.6 Å². The highest BCUT2D eigenvalue weighted by Crippen LogP contribution is 2.32. The Morgan fingerprint density at radius 3 is 2.24 bits per heavy atom.